The van der Waals surface area contributed by atoms with Crippen molar-refractivity contribution >= 4 is 17.2 Å². The Balaban J connectivity index is 2.10. The van der Waals surface area contributed by atoms with Crippen LogP contribution in [0.4, 0.5) is 0 Å². The molecule has 0 N–H and O–H groups in total. The fourth-order valence-corrected chi connectivity index (χ4v) is 3.45. The largest absolute Gasteiger partial charge is 0.384 e. The Morgan fingerprint density at radius 3 is 3.04 bits per heavy atom. The summed E-state index contributed by atoms with van der Waals surface area (Å²) in [6, 6.07) is 8.67. The van der Waals surface area contributed by atoms with Gasteiger partial charge in [0.2, 0.25) is 0 Å². The van der Waals surface area contributed by atoms with Crippen LogP contribution in [0.15, 0.2) is 53.1 Å². The zero-order valence-corrected chi connectivity index (χ0v) is 14.2. The summed E-state index contributed by atoms with van der Waals surface area (Å²) in [5.41, 5.74) is 5.34. The molecule has 2 aliphatic carbocycles. The average Bonchev–Trinajstić information content (AvgIpc) is 2.68. The molecule has 1 atom stereocenters. The molecule has 0 spiro atoms. The van der Waals surface area contributed by atoms with Crippen molar-refractivity contribution in [2.75, 3.05) is 13.7 Å². The van der Waals surface area contributed by atoms with Crippen molar-refractivity contribution < 1.29 is 4.74 Å². The van der Waals surface area contributed by atoms with E-state index < -0.39 is 0 Å². The van der Waals surface area contributed by atoms with Crippen LogP contribution in [0.3, 0.4) is 0 Å². The smallest absolute Gasteiger partial charge is 0.0668 e. The van der Waals surface area contributed by atoms with Gasteiger partial charge in [0, 0.05) is 25.2 Å². The summed E-state index contributed by atoms with van der Waals surface area (Å²) in [6.07, 6.45) is 10.1. The lowest BCUT2D eigenvalue weighted by atomic mass is 9.86. The highest BCUT2D eigenvalue weighted by molar-refractivity contribution is 6.31. The van der Waals surface area contributed by atoms with Gasteiger partial charge >= 0.3 is 0 Å². The van der Waals surface area contributed by atoms with Crippen molar-refractivity contribution in [2.45, 2.75) is 25.7 Å². The van der Waals surface area contributed by atoms with Crippen molar-refractivity contribution in [3.8, 4) is 11.8 Å². The van der Waals surface area contributed by atoms with Crippen molar-refractivity contribution in [3.05, 3.63) is 64.2 Å². The van der Waals surface area contributed by atoms with E-state index in [4.69, 9.17) is 16.3 Å². The Labute approximate surface area is 143 Å². The first-order valence-electron chi connectivity index (χ1n) is 8.11. The molecule has 0 heterocycles. The maximum atomic E-state index is 6.33. The molecule has 0 saturated heterocycles. The van der Waals surface area contributed by atoms with E-state index in [1.54, 1.807) is 7.11 Å². The van der Waals surface area contributed by atoms with Gasteiger partial charge in [0.25, 0.3) is 0 Å². The monoisotopic (exact) mass is 324 g/mol. The summed E-state index contributed by atoms with van der Waals surface area (Å²) < 4.78 is 5.22. The normalized spacial score (nSPS) is 26.2. The molecule has 0 fully saturated rings. The van der Waals surface area contributed by atoms with E-state index in [9.17, 15) is 0 Å². The van der Waals surface area contributed by atoms with Crippen LogP contribution in [0.25, 0.3) is 5.57 Å². The lowest BCUT2D eigenvalue weighted by Crippen LogP contribution is -2.05. The predicted molar refractivity (Wildman–Crippen MR) is 97.1 cm³/mol. The topological polar surface area (TPSA) is 9.23 Å². The Morgan fingerprint density at radius 2 is 2.17 bits per heavy atom. The first kappa shape index (κ1) is 16.1. The first-order valence-corrected chi connectivity index (χ1v) is 8.49. The molecule has 0 radical (unpaired) electrons. The minimum atomic E-state index is 0.137. The van der Waals surface area contributed by atoms with Gasteiger partial charge in [-0.25, -0.2) is 0 Å². The van der Waals surface area contributed by atoms with E-state index in [-0.39, 0.29) is 5.92 Å². The number of rotatable bonds is 3. The van der Waals surface area contributed by atoms with E-state index in [0.29, 0.717) is 6.42 Å². The van der Waals surface area contributed by atoms with Gasteiger partial charge in [-0.3, -0.25) is 0 Å². The maximum absolute atomic E-state index is 6.33. The fraction of sp³-hybridized carbons (Fsp3) is 0.333. The molecule has 0 aliphatic heterocycles. The molecule has 1 aromatic rings. The fourth-order valence-electron chi connectivity index (χ4n) is 3.23. The van der Waals surface area contributed by atoms with E-state index in [0.717, 1.165) is 30.9 Å². The van der Waals surface area contributed by atoms with Gasteiger partial charge in [0.15, 0.2) is 0 Å². The molecular weight excluding hydrogens is 304 g/mol. The van der Waals surface area contributed by atoms with Crippen LogP contribution in [-0.4, -0.2) is 13.7 Å². The molecule has 0 saturated carbocycles. The predicted octanol–water partition coefficient (Wildman–Crippen LogP) is 5.13. The lowest BCUT2D eigenvalue weighted by molar-refractivity contribution is 0.204. The number of allylic oxidation sites excluding steroid dienone is 5. The highest BCUT2D eigenvalue weighted by Gasteiger charge is 2.24. The van der Waals surface area contributed by atoms with E-state index in [1.807, 2.05) is 6.08 Å². The molecule has 1 unspecified atom stereocenters. The zero-order chi connectivity index (χ0) is 16.1. The van der Waals surface area contributed by atoms with Gasteiger partial charge < -0.3 is 4.74 Å². The third-order valence-corrected chi connectivity index (χ3v) is 4.61. The van der Waals surface area contributed by atoms with Crippen LogP contribution in [0.2, 0.25) is 0 Å². The number of benzene rings is 1. The lowest BCUT2D eigenvalue weighted by Gasteiger charge is -2.18. The second-order valence-corrected chi connectivity index (χ2v) is 6.30. The molecule has 23 heavy (non-hydrogen) atoms. The second-order valence-electron chi connectivity index (χ2n) is 5.86. The SMILES string of the molecule is COCCC=C1c2ccccc2CC/C2=C/C(Cl)=C\CC#CC12. The first-order chi connectivity index (χ1) is 11.3. The Morgan fingerprint density at radius 1 is 1.30 bits per heavy atom. The minimum absolute atomic E-state index is 0.137. The van der Waals surface area contributed by atoms with Crippen molar-refractivity contribution in [3.63, 3.8) is 0 Å². The summed E-state index contributed by atoms with van der Waals surface area (Å²) in [6.45, 7) is 0.728. The van der Waals surface area contributed by atoms with Crippen LogP contribution >= 0.6 is 11.6 Å². The molecular formula is C21H21ClO. The van der Waals surface area contributed by atoms with Crippen molar-refractivity contribution in [1.82, 2.24) is 0 Å². The van der Waals surface area contributed by atoms with Gasteiger partial charge in [-0.1, -0.05) is 59.9 Å². The molecule has 0 amide bonds. The van der Waals surface area contributed by atoms with E-state index >= 15 is 0 Å². The third kappa shape index (κ3) is 3.78. The van der Waals surface area contributed by atoms with E-state index in [1.165, 1.54) is 22.3 Å². The molecule has 1 nitrogen and oxygen atoms in total. The van der Waals surface area contributed by atoms with Crippen molar-refractivity contribution in [1.29, 1.82) is 0 Å². The molecule has 0 aromatic heterocycles. The number of ether oxygens (including phenoxy) is 1. The van der Waals surface area contributed by atoms with E-state index in [2.05, 4.69) is 48.3 Å². The van der Waals surface area contributed by atoms with Crippen LogP contribution < -0.4 is 0 Å². The quantitative estimate of drug-likeness (QED) is 0.553. The van der Waals surface area contributed by atoms with Gasteiger partial charge in [0.05, 0.1) is 5.92 Å². The molecule has 2 aliphatic rings. The van der Waals surface area contributed by atoms with Gasteiger partial charge in [-0.05, 0) is 47.6 Å². The number of hydrogen-bond acceptors (Lipinski definition) is 1. The van der Waals surface area contributed by atoms with Crippen LogP contribution in [0.5, 0.6) is 0 Å². The number of aryl methyl sites for hydroxylation is 1. The number of halogens is 1. The van der Waals surface area contributed by atoms with Crippen LogP contribution in [0, 0.1) is 17.8 Å². The highest BCUT2D eigenvalue weighted by atomic mass is 35.5. The molecule has 3 rings (SSSR count). The number of methoxy groups -OCH3 is 1. The summed E-state index contributed by atoms with van der Waals surface area (Å²) >= 11 is 6.33. The summed E-state index contributed by atoms with van der Waals surface area (Å²) in [5, 5.41) is 0.807. The Bertz CT molecular complexity index is 728. The van der Waals surface area contributed by atoms with Gasteiger partial charge in [-0.15, -0.1) is 0 Å². The molecule has 0 bridgehead atoms. The molecule has 118 valence electrons. The maximum Gasteiger partial charge on any atom is 0.0668 e. The average molecular weight is 325 g/mol. The van der Waals surface area contributed by atoms with Gasteiger partial charge in [-0.2, -0.15) is 0 Å². The standard InChI is InChI=1S/C21H21ClO/c1-23-14-6-11-21-19-9-4-2-7-16(19)12-13-17-15-18(22)8-3-5-10-20(17)21/h2,4,7-9,11,15,20H,3,6,12-14H2,1H3/b17-15-,18-8+,21-11?. The van der Waals surface area contributed by atoms with Crippen molar-refractivity contribution in [2.24, 2.45) is 5.92 Å². The number of fused-ring (bicyclic) bond motifs is 2. The summed E-state index contributed by atoms with van der Waals surface area (Å²) in [7, 11) is 1.74. The van der Waals surface area contributed by atoms with Crippen LogP contribution in [-0.2, 0) is 11.2 Å². The second kappa shape index (κ2) is 7.68. The summed E-state index contributed by atoms with van der Waals surface area (Å²) in [5.74, 6) is 6.88. The van der Waals surface area contributed by atoms with Crippen LogP contribution in [0.1, 0.15) is 30.4 Å². The summed E-state index contributed by atoms with van der Waals surface area (Å²) in [4.78, 5) is 0. The molecule has 2 heteroatoms. The zero-order valence-electron chi connectivity index (χ0n) is 13.4. The molecule has 1 aromatic carbocycles. The highest BCUT2D eigenvalue weighted by Crippen LogP contribution is 2.38. The number of hydrogen-bond donors (Lipinski definition) is 0. The Kier molecular flexibility index (Phi) is 5.39. The minimum Gasteiger partial charge on any atom is -0.384 e. The Hall–Kier alpha value is -1.75. The van der Waals surface area contributed by atoms with Gasteiger partial charge in [0.1, 0.15) is 0 Å². The third-order valence-electron chi connectivity index (χ3n) is 4.35.